The van der Waals surface area contributed by atoms with E-state index in [4.69, 9.17) is 0 Å². The van der Waals surface area contributed by atoms with Crippen LogP contribution in [-0.4, -0.2) is 51.4 Å². The zero-order valence-electron chi connectivity index (χ0n) is 17.6. The molecule has 0 radical (unpaired) electrons. The van der Waals surface area contributed by atoms with Crippen molar-refractivity contribution >= 4 is 27.2 Å². The number of nitrogens with zero attached hydrogens (tertiary/aromatic N) is 1. The topological polar surface area (TPSA) is 70.9 Å². The van der Waals surface area contributed by atoms with E-state index in [1.165, 1.54) is 20.3 Å². The molecule has 30 heavy (non-hydrogen) atoms. The van der Waals surface area contributed by atoms with Crippen LogP contribution in [0.3, 0.4) is 0 Å². The fourth-order valence-corrected chi connectivity index (χ4v) is 5.17. The normalized spacial score (nSPS) is 16.9. The van der Waals surface area contributed by atoms with Crippen molar-refractivity contribution < 1.29 is 18.1 Å². The van der Waals surface area contributed by atoms with E-state index in [0.29, 0.717) is 25.3 Å². The second-order valence-electron chi connectivity index (χ2n) is 7.39. The van der Waals surface area contributed by atoms with E-state index in [1.807, 2.05) is 32.0 Å². The molecule has 7 heteroatoms. The maximum Gasteiger partial charge on any atom is 0.279 e. The van der Waals surface area contributed by atoms with Gasteiger partial charge >= 0.3 is 0 Å². The molecule has 0 bridgehead atoms. The van der Waals surface area contributed by atoms with Crippen molar-refractivity contribution in [3.8, 4) is 0 Å². The molecule has 1 heterocycles. The first kappa shape index (κ1) is 22.2. The first-order valence-electron chi connectivity index (χ1n) is 10.4. The monoisotopic (exact) mass is 428 g/mol. The molecular formula is C23H30N3O3S+. The Labute approximate surface area is 179 Å². The molecular weight excluding hydrogens is 398 g/mol. The number of anilines is 1. The van der Waals surface area contributed by atoms with Gasteiger partial charge in [-0.25, -0.2) is 8.42 Å². The molecule has 1 aliphatic heterocycles. The fraction of sp³-hybridized carbons (Fsp3) is 0.348. The predicted molar refractivity (Wildman–Crippen MR) is 120 cm³/mol. The maximum atomic E-state index is 12.5. The van der Waals surface area contributed by atoms with Gasteiger partial charge in [0, 0.05) is 25.2 Å². The summed E-state index contributed by atoms with van der Waals surface area (Å²) in [5.74, 6) is -0.0686. The Kier molecular flexibility index (Phi) is 7.42. The highest BCUT2D eigenvalue weighted by atomic mass is 32.2. The molecule has 2 N–H and O–H groups in total. The summed E-state index contributed by atoms with van der Waals surface area (Å²) in [5, 5.41) is 2.88. The Bertz CT molecular complexity index is 982. The molecule has 0 aromatic heterocycles. The van der Waals surface area contributed by atoms with Crippen LogP contribution in [0.25, 0.3) is 5.57 Å². The van der Waals surface area contributed by atoms with E-state index in [-0.39, 0.29) is 10.8 Å². The summed E-state index contributed by atoms with van der Waals surface area (Å²) >= 11 is 0. The number of quaternary nitrogens is 1. The molecule has 0 saturated carbocycles. The largest absolute Gasteiger partial charge is 0.324 e. The molecule has 1 amide bonds. The molecule has 1 unspecified atom stereocenters. The molecule has 160 valence electrons. The number of benzene rings is 2. The number of hydrogen-bond acceptors (Lipinski definition) is 3. The van der Waals surface area contributed by atoms with Crippen molar-refractivity contribution in [1.29, 1.82) is 0 Å². The van der Waals surface area contributed by atoms with Gasteiger partial charge in [0.05, 0.1) is 18.0 Å². The smallest absolute Gasteiger partial charge is 0.279 e. The molecule has 3 rings (SSSR count). The lowest BCUT2D eigenvalue weighted by Crippen LogP contribution is -3.13. The number of nitrogens with one attached hydrogen (secondary N) is 2. The Morgan fingerprint density at radius 2 is 1.70 bits per heavy atom. The highest BCUT2D eigenvalue weighted by Crippen LogP contribution is 2.19. The van der Waals surface area contributed by atoms with Crippen LogP contribution in [-0.2, 0) is 14.8 Å². The van der Waals surface area contributed by atoms with Gasteiger partial charge in [0.15, 0.2) is 6.54 Å². The molecule has 0 saturated heterocycles. The summed E-state index contributed by atoms with van der Waals surface area (Å²) in [5.41, 5.74) is 3.20. The Morgan fingerprint density at radius 1 is 1.03 bits per heavy atom. The zero-order valence-corrected chi connectivity index (χ0v) is 18.4. The van der Waals surface area contributed by atoms with Gasteiger partial charge in [-0.05, 0) is 41.5 Å². The third kappa shape index (κ3) is 5.36. The first-order valence-corrected chi connectivity index (χ1v) is 11.9. The van der Waals surface area contributed by atoms with Gasteiger partial charge in [-0.15, -0.1) is 0 Å². The van der Waals surface area contributed by atoms with Crippen molar-refractivity contribution in [2.75, 3.05) is 38.0 Å². The molecule has 0 spiro atoms. The van der Waals surface area contributed by atoms with E-state index in [2.05, 4.69) is 23.5 Å². The van der Waals surface area contributed by atoms with Gasteiger partial charge in [-0.3, -0.25) is 4.79 Å². The van der Waals surface area contributed by atoms with Crippen molar-refractivity contribution in [3.05, 3.63) is 66.2 Å². The standard InChI is InChI=1S/C23H29N3O3S/c1-3-26(4-2)30(28,29)22-12-10-21(11-13-22)24-23(27)18-25-16-14-20(15-17-25)19-8-6-5-7-9-19/h5-14H,3-4,15-18H2,1-2H3,(H,24,27)/p+1. The zero-order chi connectivity index (χ0) is 21.6. The van der Waals surface area contributed by atoms with Gasteiger partial charge in [0.2, 0.25) is 10.0 Å². The number of rotatable bonds is 8. The van der Waals surface area contributed by atoms with Gasteiger partial charge in [-0.2, -0.15) is 4.31 Å². The van der Waals surface area contributed by atoms with Crippen LogP contribution in [0.2, 0.25) is 0 Å². The lowest BCUT2D eigenvalue weighted by atomic mass is 10.00. The SMILES string of the molecule is CCN(CC)S(=O)(=O)c1ccc(NC(=O)C[NH+]2CC=C(c3ccccc3)CC2)cc1. The minimum Gasteiger partial charge on any atom is -0.324 e. The average molecular weight is 429 g/mol. The Balaban J connectivity index is 1.55. The predicted octanol–water partition coefficient (Wildman–Crippen LogP) is 2.03. The van der Waals surface area contributed by atoms with Crippen LogP contribution in [0.1, 0.15) is 25.8 Å². The van der Waals surface area contributed by atoms with Crippen LogP contribution < -0.4 is 10.2 Å². The van der Waals surface area contributed by atoms with Crippen LogP contribution in [0, 0.1) is 0 Å². The molecule has 2 aromatic carbocycles. The van der Waals surface area contributed by atoms with Gasteiger partial charge in [0.25, 0.3) is 5.91 Å². The van der Waals surface area contributed by atoms with Crippen LogP contribution in [0.4, 0.5) is 5.69 Å². The minimum atomic E-state index is -3.49. The van der Waals surface area contributed by atoms with E-state index in [0.717, 1.165) is 19.5 Å². The van der Waals surface area contributed by atoms with E-state index in [9.17, 15) is 13.2 Å². The van der Waals surface area contributed by atoms with Crippen molar-refractivity contribution in [3.63, 3.8) is 0 Å². The summed E-state index contributed by atoms with van der Waals surface area (Å²) in [6, 6.07) is 16.7. The number of sulfonamides is 1. The van der Waals surface area contributed by atoms with Crippen molar-refractivity contribution in [2.45, 2.75) is 25.2 Å². The van der Waals surface area contributed by atoms with Gasteiger partial charge < -0.3 is 10.2 Å². The van der Waals surface area contributed by atoms with E-state index >= 15 is 0 Å². The summed E-state index contributed by atoms with van der Waals surface area (Å²) < 4.78 is 26.5. The van der Waals surface area contributed by atoms with E-state index < -0.39 is 10.0 Å². The molecule has 1 atom stereocenters. The lowest BCUT2D eigenvalue weighted by Gasteiger charge is -2.23. The summed E-state index contributed by atoms with van der Waals surface area (Å²) in [7, 11) is -3.49. The van der Waals surface area contributed by atoms with Crippen molar-refractivity contribution in [1.82, 2.24) is 4.31 Å². The second kappa shape index (κ2) is 10.0. The van der Waals surface area contributed by atoms with Crippen LogP contribution in [0.15, 0.2) is 65.6 Å². The maximum absolute atomic E-state index is 12.5. The second-order valence-corrected chi connectivity index (χ2v) is 9.33. The minimum absolute atomic E-state index is 0.0686. The van der Waals surface area contributed by atoms with Crippen LogP contribution in [0.5, 0.6) is 0 Å². The summed E-state index contributed by atoms with van der Waals surface area (Å²) in [4.78, 5) is 13.9. The molecule has 2 aromatic rings. The molecule has 1 aliphatic rings. The lowest BCUT2D eigenvalue weighted by molar-refractivity contribution is -0.886. The number of hydrogen-bond donors (Lipinski definition) is 2. The average Bonchev–Trinajstić information content (AvgIpc) is 2.76. The third-order valence-corrected chi connectivity index (χ3v) is 7.49. The highest BCUT2D eigenvalue weighted by molar-refractivity contribution is 7.89. The number of carbonyl (C=O) groups excluding carboxylic acids is 1. The quantitative estimate of drug-likeness (QED) is 0.676. The third-order valence-electron chi connectivity index (χ3n) is 5.42. The first-order chi connectivity index (χ1) is 14.4. The Morgan fingerprint density at radius 3 is 2.27 bits per heavy atom. The number of carbonyl (C=O) groups is 1. The van der Waals surface area contributed by atoms with Crippen molar-refractivity contribution in [2.24, 2.45) is 0 Å². The molecule has 0 aliphatic carbocycles. The fourth-order valence-electron chi connectivity index (χ4n) is 3.71. The van der Waals surface area contributed by atoms with Crippen LogP contribution >= 0.6 is 0 Å². The molecule has 0 fully saturated rings. The van der Waals surface area contributed by atoms with E-state index in [1.54, 1.807) is 24.3 Å². The number of amides is 1. The summed E-state index contributed by atoms with van der Waals surface area (Å²) in [6.07, 6.45) is 3.17. The Hall–Kier alpha value is -2.48. The highest BCUT2D eigenvalue weighted by Gasteiger charge is 2.22. The van der Waals surface area contributed by atoms with Gasteiger partial charge in [0.1, 0.15) is 0 Å². The molecule has 6 nitrogen and oxygen atoms in total. The van der Waals surface area contributed by atoms with Gasteiger partial charge in [-0.1, -0.05) is 44.2 Å². The summed E-state index contributed by atoms with van der Waals surface area (Å²) in [6.45, 7) is 6.60.